The Morgan fingerprint density at radius 2 is 2.00 bits per heavy atom. The van der Waals surface area contributed by atoms with Gasteiger partial charge in [0.25, 0.3) is 0 Å². The minimum atomic E-state index is -4.04. The Labute approximate surface area is 44.4 Å². The fraction of sp³-hybridized carbons (Fsp3) is 1.00. The molecular weight excluding hydrogens is 121 g/mol. The highest BCUT2D eigenvalue weighted by Crippen LogP contribution is 2.27. The molecule has 0 spiro atoms. The molecule has 1 rings (SSSR count). The van der Waals surface area contributed by atoms with Crippen LogP contribution in [0.25, 0.3) is 0 Å². The lowest BCUT2D eigenvalue weighted by Crippen LogP contribution is -2.10. The highest BCUT2D eigenvalue weighted by atomic mass is 19.4. The molecule has 1 aliphatic rings. The summed E-state index contributed by atoms with van der Waals surface area (Å²) in [6, 6.07) is 0. The van der Waals surface area contributed by atoms with Crippen LogP contribution in [0.4, 0.5) is 13.2 Å². The third kappa shape index (κ3) is 2.16. The van der Waals surface area contributed by atoms with E-state index in [1.165, 1.54) is 0 Å². The van der Waals surface area contributed by atoms with Crippen molar-refractivity contribution in [1.29, 1.82) is 0 Å². The van der Waals surface area contributed by atoms with Gasteiger partial charge in [0.05, 0.1) is 19.1 Å². The van der Waals surface area contributed by atoms with Gasteiger partial charge >= 0.3 is 6.18 Å². The monoisotopic (exact) mass is 126 g/mol. The van der Waals surface area contributed by atoms with Crippen molar-refractivity contribution in [2.24, 2.45) is 0 Å². The van der Waals surface area contributed by atoms with Crippen molar-refractivity contribution in [3.8, 4) is 0 Å². The number of hydrogen-bond acceptors (Lipinski definition) is 1. The number of ether oxygens (including phenoxy) is 1. The summed E-state index contributed by atoms with van der Waals surface area (Å²) in [7, 11) is 0. The summed E-state index contributed by atoms with van der Waals surface area (Å²) >= 11 is 0. The number of halogens is 3. The van der Waals surface area contributed by atoms with Crippen molar-refractivity contribution in [3.05, 3.63) is 0 Å². The molecule has 8 heavy (non-hydrogen) atoms. The summed E-state index contributed by atoms with van der Waals surface area (Å²) in [6.07, 6.45) is -5.36. The van der Waals surface area contributed by atoms with E-state index in [2.05, 4.69) is 4.74 Å². The van der Waals surface area contributed by atoms with Crippen molar-refractivity contribution in [2.75, 3.05) is 6.61 Å². The molecule has 0 N–H and O–H groups in total. The van der Waals surface area contributed by atoms with Gasteiger partial charge in [-0.1, -0.05) is 0 Å². The van der Waals surface area contributed by atoms with Gasteiger partial charge in [-0.2, -0.15) is 13.2 Å². The van der Waals surface area contributed by atoms with Crippen molar-refractivity contribution in [2.45, 2.75) is 18.7 Å². The maximum absolute atomic E-state index is 11.3. The highest BCUT2D eigenvalue weighted by molar-refractivity contribution is 4.72. The van der Waals surface area contributed by atoms with Crippen LogP contribution in [0.2, 0.25) is 0 Å². The lowest BCUT2D eigenvalue weighted by molar-refractivity contribution is -0.137. The van der Waals surface area contributed by atoms with E-state index in [0.29, 0.717) is 0 Å². The van der Waals surface area contributed by atoms with E-state index in [4.69, 9.17) is 0 Å². The maximum Gasteiger partial charge on any atom is 0.391 e. The maximum atomic E-state index is 11.3. The van der Waals surface area contributed by atoms with Crippen LogP contribution in [0, 0.1) is 0 Å². The molecule has 4 heteroatoms. The van der Waals surface area contributed by atoms with Gasteiger partial charge in [-0.3, -0.25) is 0 Å². The zero-order valence-corrected chi connectivity index (χ0v) is 4.03. The number of rotatable bonds is 1. The fourth-order valence-electron chi connectivity index (χ4n) is 0.444. The Hall–Kier alpha value is -0.250. The summed E-state index contributed by atoms with van der Waals surface area (Å²) in [5.41, 5.74) is 0. The van der Waals surface area contributed by atoms with E-state index in [1.54, 1.807) is 0 Å². The normalized spacial score (nSPS) is 28.1. The summed E-state index contributed by atoms with van der Waals surface area (Å²) in [4.78, 5) is 0. The Morgan fingerprint density at radius 3 is 2.12 bits per heavy atom. The second-order valence-electron chi connectivity index (χ2n) is 1.77. The van der Waals surface area contributed by atoms with E-state index in [1.807, 2.05) is 0 Å². The van der Waals surface area contributed by atoms with Crippen LogP contribution in [0.3, 0.4) is 0 Å². The molecule has 0 amide bonds. The molecule has 0 radical (unpaired) electrons. The molecule has 1 nitrogen and oxygen atoms in total. The van der Waals surface area contributed by atoms with Crippen LogP contribution < -0.4 is 0 Å². The Kier molecular flexibility index (Phi) is 1.19. The van der Waals surface area contributed by atoms with E-state index >= 15 is 0 Å². The molecule has 0 bridgehead atoms. The van der Waals surface area contributed by atoms with E-state index in [0.717, 1.165) is 0 Å². The third-order valence-electron chi connectivity index (χ3n) is 0.861. The van der Waals surface area contributed by atoms with E-state index < -0.39 is 18.7 Å². The second-order valence-corrected chi connectivity index (χ2v) is 1.77. The first-order valence-electron chi connectivity index (χ1n) is 2.26. The molecule has 0 saturated carbocycles. The van der Waals surface area contributed by atoms with Gasteiger partial charge in [-0.15, -0.1) is 0 Å². The summed E-state index contributed by atoms with van der Waals surface area (Å²) < 4.78 is 38.2. The molecule has 1 fully saturated rings. The minimum absolute atomic E-state index is 0.277. The summed E-state index contributed by atoms with van der Waals surface area (Å²) in [5, 5.41) is 0. The van der Waals surface area contributed by atoms with Crippen molar-refractivity contribution in [3.63, 3.8) is 0 Å². The Bertz CT molecular complexity index is 83.8. The SMILES string of the molecule is FC(F)(F)CC1CO1. The minimum Gasteiger partial charge on any atom is -0.373 e. The molecule has 0 aromatic carbocycles. The largest absolute Gasteiger partial charge is 0.391 e. The molecule has 0 aromatic rings. The number of hydrogen-bond donors (Lipinski definition) is 0. The number of epoxide rings is 1. The zero-order valence-electron chi connectivity index (χ0n) is 4.03. The third-order valence-corrected chi connectivity index (χ3v) is 0.861. The highest BCUT2D eigenvalue weighted by Gasteiger charge is 2.37. The predicted octanol–water partition coefficient (Wildman–Crippen LogP) is 1.34. The Morgan fingerprint density at radius 1 is 1.50 bits per heavy atom. The molecular formula is C4H5F3O. The van der Waals surface area contributed by atoms with Crippen molar-refractivity contribution in [1.82, 2.24) is 0 Å². The first-order valence-corrected chi connectivity index (χ1v) is 2.26. The van der Waals surface area contributed by atoms with Crippen molar-refractivity contribution >= 4 is 0 Å². The standard InChI is InChI=1S/C4H5F3O/c5-4(6,7)1-3-2-8-3/h3H,1-2H2. The number of alkyl halides is 3. The van der Waals surface area contributed by atoms with Gasteiger partial charge in [-0.05, 0) is 0 Å². The molecule has 48 valence electrons. The van der Waals surface area contributed by atoms with E-state index in [-0.39, 0.29) is 6.61 Å². The van der Waals surface area contributed by atoms with Crippen LogP contribution in [-0.4, -0.2) is 18.9 Å². The average molecular weight is 126 g/mol. The summed E-state index contributed by atoms with van der Waals surface area (Å²) in [5.74, 6) is 0. The molecule has 1 unspecified atom stereocenters. The van der Waals surface area contributed by atoms with Crippen LogP contribution in [0.15, 0.2) is 0 Å². The molecule has 1 atom stereocenters. The molecule has 1 heterocycles. The second kappa shape index (κ2) is 1.62. The van der Waals surface area contributed by atoms with Crippen LogP contribution in [0.1, 0.15) is 6.42 Å². The van der Waals surface area contributed by atoms with Crippen LogP contribution in [-0.2, 0) is 4.74 Å². The molecule has 0 aromatic heterocycles. The van der Waals surface area contributed by atoms with Gasteiger partial charge in [-0.25, -0.2) is 0 Å². The molecule has 0 aliphatic carbocycles. The van der Waals surface area contributed by atoms with Gasteiger partial charge < -0.3 is 4.74 Å². The van der Waals surface area contributed by atoms with Crippen molar-refractivity contribution < 1.29 is 17.9 Å². The summed E-state index contributed by atoms with van der Waals surface area (Å²) in [6.45, 7) is 0.277. The smallest absolute Gasteiger partial charge is 0.373 e. The topological polar surface area (TPSA) is 12.5 Å². The van der Waals surface area contributed by atoms with Gasteiger partial charge in [0.2, 0.25) is 0 Å². The lowest BCUT2D eigenvalue weighted by Gasteiger charge is -2.00. The van der Waals surface area contributed by atoms with E-state index in [9.17, 15) is 13.2 Å². The lowest BCUT2D eigenvalue weighted by atomic mass is 10.3. The van der Waals surface area contributed by atoms with Gasteiger partial charge in [0, 0.05) is 0 Å². The van der Waals surface area contributed by atoms with Crippen LogP contribution >= 0.6 is 0 Å². The first-order chi connectivity index (χ1) is 3.58. The van der Waals surface area contributed by atoms with Gasteiger partial charge in [0.15, 0.2) is 0 Å². The molecule has 1 saturated heterocycles. The van der Waals surface area contributed by atoms with Crippen LogP contribution in [0.5, 0.6) is 0 Å². The fourth-order valence-corrected chi connectivity index (χ4v) is 0.444. The molecule has 1 aliphatic heterocycles. The Balaban J connectivity index is 2.16. The average Bonchev–Trinajstić information content (AvgIpc) is 2.12. The van der Waals surface area contributed by atoms with Gasteiger partial charge in [0.1, 0.15) is 0 Å². The zero-order chi connectivity index (χ0) is 6.20. The first kappa shape index (κ1) is 5.88. The predicted molar refractivity (Wildman–Crippen MR) is 20.4 cm³/mol. The quantitative estimate of drug-likeness (QED) is 0.483.